The van der Waals surface area contributed by atoms with E-state index < -0.39 is 28.8 Å². The zero-order valence-corrected chi connectivity index (χ0v) is 23.3. The van der Waals surface area contributed by atoms with Crippen LogP contribution >= 0.6 is 0 Å². The van der Waals surface area contributed by atoms with E-state index in [2.05, 4.69) is 24.1 Å². The van der Waals surface area contributed by atoms with Crippen molar-refractivity contribution in [3.05, 3.63) is 65.0 Å². The summed E-state index contributed by atoms with van der Waals surface area (Å²) in [5.74, 6) is 0.350. The van der Waals surface area contributed by atoms with E-state index in [-0.39, 0.29) is 12.6 Å². The number of aliphatic hydroxyl groups is 1. The maximum Gasteiger partial charge on any atom is 0.410 e. The molecule has 202 valence electrons. The number of likely N-dealkylation sites (tertiary alicyclic amines) is 1. The molecule has 1 aliphatic heterocycles. The number of benzene rings is 1. The van der Waals surface area contributed by atoms with E-state index in [0.29, 0.717) is 35.7 Å². The Morgan fingerprint density at radius 3 is 2.24 bits per heavy atom. The van der Waals surface area contributed by atoms with Gasteiger partial charge in [-0.2, -0.15) is 0 Å². The molecule has 1 saturated heterocycles. The molecule has 8 nitrogen and oxygen atoms in total. The van der Waals surface area contributed by atoms with Gasteiger partial charge in [0, 0.05) is 48.1 Å². The van der Waals surface area contributed by atoms with Crippen molar-refractivity contribution in [1.29, 1.82) is 0 Å². The highest BCUT2D eigenvalue weighted by Gasteiger charge is 2.58. The maximum absolute atomic E-state index is 12.7. The normalized spacial score (nSPS) is 16.7. The average Bonchev–Trinajstić information content (AvgIpc) is 2.78. The standard InChI is InChI=1S/C29H41N3O5/c1-19(2)22-9-11-23(12-10-22)29(35,28(8)17-32(18-28)26(34)37-27(5,6)7)24-13-21(14-30-15-24)16-36-25(33)31-20(3)4/h9-15,19-20,35H,16-18H2,1-8H3,(H,31,33)/t29-/m0/s1. The van der Waals surface area contributed by atoms with Crippen LogP contribution in [0.15, 0.2) is 42.7 Å². The molecule has 1 aromatic heterocycles. The van der Waals surface area contributed by atoms with E-state index in [0.717, 1.165) is 5.56 Å². The molecule has 3 rings (SSSR count). The van der Waals surface area contributed by atoms with Gasteiger partial charge >= 0.3 is 12.2 Å². The number of hydrogen-bond donors (Lipinski definition) is 2. The first-order valence-corrected chi connectivity index (χ1v) is 12.8. The Bertz CT molecular complexity index is 1100. The van der Waals surface area contributed by atoms with Crippen LogP contribution in [0.3, 0.4) is 0 Å². The number of rotatable bonds is 7. The van der Waals surface area contributed by atoms with Crippen LogP contribution in [0.4, 0.5) is 9.59 Å². The number of alkyl carbamates (subject to hydrolysis) is 1. The summed E-state index contributed by atoms with van der Waals surface area (Å²) in [6, 6.07) is 9.70. The molecule has 8 heteroatoms. The number of nitrogens with zero attached hydrogens (tertiary/aromatic N) is 2. The first-order valence-electron chi connectivity index (χ1n) is 12.8. The van der Waals surface area contributed by atoms with E-state index in [4.69, 9.17) is 9.47 Å². The Labute approximate surface area is 220 Å². The molecule has 0 radical (unpaired) electrons. The third-order valence-electron chi connectivity index (χ3n) is 6.59. The molecular weight excluding hydrogens is 470 g/mol. The van der Waals surface area contributed by atoms with Gasteiger partial charge < -0.3 is 24.8 Å². The topological polar surface area (TPSA) is 101 Å². The molecule has 0 saturated carbocycles. The number of pyridine rings is 1. The molecule has 2 amide bonds. The molecule has 0 spiro atoms. The van der Waals surface area contributed by atoms with Gasteiger partial charge in [-0.25, -0.2) is 9.59 Å². The van der Waals surface area contributed by atoms with Crippen molar-refractivity contribution in [1.82, 2.24) is 15.2 Å². The molecule has 1 aromatic carbocycles. The second-order valence-corrected chi connectivity index (χ2v) is 11.8. The molecular formula is C29H41N3O5. The monoisotopic (exact) mass is 511 g/mol. The highest BCUT2D eigenvalue weighted by atomic mass is 16.6. The van der Waals surface area contributed by atoms with Crippen LogP contribution in [0, 0.1) is 5.41 Å². The van der Waals surface area contributed by atoms with Crippen molar-refractivity contribution in [2.45, 2.75) is 85.2 Å². The number of amides is 2. The van der Waals surface area contributed by atoms with Gasteiger partial charge in [-0.15, -0.1) is 0 Å². The number of nitrogens with one attached hydrogen (secondary N) is 1. The zero-order valence-electron chi connectivity index (χ0n) is 23.3. The Hall–Kier alpha value is -3.13. The first kappa shape index (κ1) is 28.4. The number of carbonyl (C=O) groups excluding carboxylic acids is 2. The van der Waals surface area contributed by atoms with E-state index in [1.807, 2.05) is 71.9 Å². The lowest BCUT2D eigenvalue weighted by molar-refractivity contribution is -0.131. The second kappa shape index (κ2) is 10.7. The lowest BCUT2D eigenvalue weighted by Gasteiger charge is -2.56. The summed E-state index contributed by atoms with van der Waals surface area (Å²) in [5.41, 5.74) is 0.329. The molecule has 1 aliphatic rings. The van der Waals surface area contributed by atoms with Gasteiger partial charge in [0.1, 0.15) is 17.8 Å². The van der Waals surface area contributed by atoms with Crippen LogP contribution < -0.4 is 5.32 Å². The van der Waals surface area contributed by atoms with Crippen LogP contribution in [0.5, 0.6) is 0 Å². The Morgan fingerprint density at radius 1 is 1.08 bits per heavy atom. The van der Waals surface area contributed by atoms with Crippen LogP contribution in [0.25, 0.3) is 0 Å². The SMILES string of the molecule is CC(C)NC(=O)OCc1cncc([C@@](O)(c2ccc(C(C)C)cc2)C2(C)CN(C(=O)OC(C)(C)C)C2)c1. The Morgan fingerprint density at radius 2 is 1.70 bits per heavy atom. The fraction of sp³-hybridized carbons (Fsp3) is 0.552. The van der Waals surface area contributed by atoms with Gasteiger partial charge in [0.25, 0.3) is 0 Å². The van der Waals surface area contributed by atoms with Crippen molar-refractivity contribution < 1.29 is 24.2 Å². The predicted molar refractivity (Wildman–Crippen MR) is 142 cm³/mol. The van der Waals surface area contributed by atoms with E-state index in [1.54, 1.807) is 17.3 Å². The van der Waals surface area contributed by atoms with Crippen LogP contribution in [-0.4, -0.2) is 51.9 Å². The minimum absolute atomic E-state index is 0.0164. The van der Waals surface area contributed by atoms with Gasteiger partial charge in [-0.05, 0) is 57.7 Å². The summed E-state index contributed by atoms with van der Waals surface area (Å²) in [5, 5.41) is 15.2. The van der Waals surface area contributed by atoms with Gasteiger partial charge in [0.05, 0.1) is 0 Å². The predicted octanol–water partition coefficient (Wildman–Crippen LogP) is 5.33. The molecule has 1 fully saturated rings. The highest BCUT2D eigenvalue weighted by Crippen LogP contribution is 2.51. The molecule has 2 heterocycles. The molecule has 2 N–H and O–H groups in total. The van der Waals surface area contributed by atoms with Crippen molar-refractivity contribution in [2.75, 3.05) is 13.1 Å². The molecule has 0 unspecified atom stereocenters. The van der Waals surface area contributed by atoms with Crippen molar-refractivity contribution in [3.8, 4) is 0 Å². The largest absolute Gasteiger partial charge is 0.445 e. The minimum atomic E-state index is -1.45. The summed E-state index contributed by atoms with van der Waals surface area (Å²) >= 11 is 0. The lowest BCUT2D eigenvalue weighted by Crippen LogP contribution is -2.66. The van der Waals surface area contributed by atoms with E-state index in [1.165, 1.54) is 0 Å². The van der Waals surface area contributed by atoms with E-state index in [9.17, 15) is 14.7 Å². The molecule has 37 heavy (non-hydrogen) atoms. The molecule has 0 bridgehead atoms. The smallest absolute Gasteiger partial charge is 0.410 e. The Kier molecular flexibility index (Phi) is 8.22. The summed E-state index contributed by atoms with van der Waals surface area (Å²) in [6.45, 7) is 16.0. The van der Waals surface area contributed by atoms with Crippen LogP contribution in [0.1, 0.15) is 83.6 Å². The third-order valence-corrected chi connectivity index (χ3v) is 6.59. The van der Waals surface area contributed by atoms with Crippen molar-refractivity contribution in [3.63, 3.8) is 0 Å². The molecule has 1 atom stereocenters. The summed E-state index contributed by atoms with van der Waals surface area (Å²) in [7, 11) is 0. The Balaban J connectivity index is 1.94. The van der Waals surface area contributed by atoms with Gasteiger partial charge in [0.15, 0.2) is 0 Å². The fourth-order valence-electron chi connectivity index (χ4n) is 4.64. The maximum atomic E-state index is 12.7. The van der Waals surface area contributed by atoms with Crippen molar-refractivity contribution >= 4 is 12.2 Å². The number of ether oxygens (including phenoxy) is 2. The third kappa shape index (κ3) is 6.42. The summed E-state index contributed by atoms with van der Waals surface area (Å²) in [6.07, 6.45) is 2.33. The van der Waals surface area contributed by atoms with Gasteiger partial charge in [0.2, 0.25) is 0 Å². The first-order chi connectivity index (χ1) is 17.1. The average molecular weight is 512 g/mol. The zero-order chi connectivity index (χ0) is 27.6. The minimum Gasteiger partial charge on any atom is -0.445 e. The molecule has 0 aliphatic carbocycles. The quantitative estimate of drug-likeness (QED) is 0.521. The summed E-state index contributed by atoms with van der Waals surface area (Å²) < 4.78 is 10.9. The molecule has 2 aromatic rings. The van der Waals surface area contributed by atoms with E-state index >= 15 is 0 Å². The van der Waals surface area contributed by atoms with Crippen molar-refractivity contribution in [2.24, 2.45) is 5.41 Å². The highest BCUT2D eigenvalue weighted by molar-refractivity contribution is 5.70. The summed E-state index contributed by atoms with van der Waals surface area (Å²) in [4.78, 5) is 30.6. The van der Waals surface area contributed by atoms with Crippen LogP contribution in [-0.2, 0) is 21.7 Å². The van der Waals surface area contributed by atoms with Gasteiger partial charge in [-0.3, -0.25) is 4.98 Å². The van der Waals surface area contributed by atoms with Gasteiger partial charge in [-0.1, -0.05) is 45.0 Å². The number of carbonyl (C=O) groups is 2. The van der Waals surface area contributed by atoms with Crippen LogP contribution in [0.2, 0.25) is 0 Å². The number of aromatic nitrogens is 1. The fourth-order valence-corrected chi connectivity index (χ4v) is 4.64. The second-order valence-electron chi connectivity index (χ2n) is 11.8. The lowest BCUT2D eigenvalue weighted by atomic mass is 9.62. The number of hydrogen-bond acceptors (Lipinski definition) is 6.